The fraction of sp³-hybridized carbons (Fsp3) is 0.333. The van der Waals surface area contributed by atoms with Crippen LogP contribution in [0.15, 0.2) is 22.7 Å². The van der Waals surface area contributed by atoms with Gasteiger partial charge in [-0.05, 0) is 18.2 Å². The van der Waals surface area contributed by atoms with Crippen LogP contribution in [-0.2, 0) is 9.06 Å². The summed E-state index contributed by atoms with van der Waals surface area (Å²) in [5.41, 5.74) is 0.660. The highest BCUT2D eigenvalue weighted by atomic mass is 79.9. The summed E-state index contributed by atoms with van der Waals surface area (Å²) in [5, 5.41) is 0. The number of alkyl halides is 1. The number of halogens is 3. The molecule has 1 aromatic carbocycles. The van der Waals surface area contributed by atoms with Crippen molar-refractivity contribution in [1.82, 2.24) is 0 Å². The van der Waals surface area contributed by atoms with Crippen LogP contribution in [0.5, 0.6) is 0 Å². The molecule has 1 aliphatic heterocycles. The van der Waals surface area contributed by atoms with E-state index in [1.807, 2.05) is 0 Å². The van der Waals surface area contributed by atoms with Gasteiger partial charge in [-0.3, -0.25) is 0 Å². The van der Waals surface area contributed by atoms with E-state index in [0.29, 0.717) is 18.8 Å². The molecule has 0 amide bonds. The number of hydrogen-bond donors (Lipinski definition) is 0. The van der Waals surface area contributed by atoms with Crippen molar-refractivity contribution in [2.24, 2.45) is 0 Å². The van der Waals surface area contributed by atoms with Gasteiger partial charge >= 0.3 is 0 Å². The molecular weight excluding hydrogens is 303 g/mol. The third-order valence-electron chi connectivity index (χ3n) is 2.07. The zero-order chi connectivity index (χ0) is 9.47. The number of hydrogen-bond acceptors (Lipinski definition) is 1. The molecule has 2 rings (SSSR count). The van der Waals surface area contributed by atoms with Gasteiger partial charge in [0.05, 0.1) is 17.5 Å². The molecule has 0 spiro atoms. The lowest BCUT2D eigenvalue weighted by atomic mass is 9.97. The molecule has 0 unspecified atom stereocenters. The largest absolute Gasteiger partial charge is 0.378 e. The van der Waals surface area contributed by atoms with Crippen LogP contribution in [0.4, 0.5) is 4.39 Å². The molecular formula is C9H7Br2FO. The highest BCUT2D eigenvalue weighted by Gasteiger charge is 2.39. The molecule has 0 bridgehead atoms. The lowest BCUT2D eigenvalue weighted by Crippen LogP contribution is -2.41. The molecule has 70 valence electrons. The smallest absolute Gasteiger partial charge is 0.128 e. The summed E-state index contributed by atoms with van der Waals surface area (Å²) in [6, 6.07) is 4.93. The minimum Gasteiger partial charge on any atom is -0.378 e. The molecule has 1 nitrogen and oxygen atoms in total. The van der Waals surface area contributed by atoms with E-state index in [2.05, 4.69) is 31.9 Å². The second-order valence-corrected chi connectivity index (χ2v) is 5.52. The van der Waals surface area contributed by atoms with Crippen molar-refractivity contribution in [3.63, 3.8) is 0 Å². The van der Waals surface area contributed by atoms with Crippen LogP contribution in [0.25, 0.3) is 0 Å². The summed E-state index contributed by atoms with van der Waals surface area (Å²) < 4.78 is 19.0. The standard InChI is InChI=1S/C9H7Br2FO/c10-6-1-2-8(12)7(3-6)9(11)4-13-5-9/h1-3H,4-5H2. The van der Waals surface area contributed by atoms with E-state index in [1.165, 1.54) is 6.07 Å². The van der Waals surface area contributed by atoms with E-state index < -0.39 is 0 Å². The van der Waals surface area contributed by atoms with Crippen molar-refractivity contribution >= 4 is 31.9 Å². The summed E-state index contributed by atoms with van der Waals surface area (Å²) in [5.74, 6) is -0.191. The minimum atomic E-state index is -0.319. The quantitative estimate of drug-likeness (QED) is 0.724. The predicted molar refractivity (Wildman–Crippen MR) is 55.5 cm³/mol. The van der Waals surface area contributed by atoms with E-state index in [0.717, 1.165) is 4.47 Å². The number of ether oxygens (including phenoxy) is 1. The Bertz CT molecular complexity index is 336. The summed E-state index contributed by atoms with van der Waals surface area (Å²) in [6.45, 7) is 1.06. The number of rotatable bonds is 1. The highest BCUT2D eigenvalue weighted by molar-refractivity contribution is 9.10. The Morgan fingerprint density at radius 2 is 2.08 bits per heavy atom. The summed E-state index contributed by atoms with van der Waals surface area (Å²) in [7, 11) is 0. The Morgan fingerprint density at radius 3 is 2.62 bits per heavy atom. The van der Waals surface area contributed by atoms with E-state index in [1.54, 1.807) is 12.1 Å². The zero-order valence-electron chi connectivity index (χ0n) is 6.69. The van der Waals surface area contributed by atoms with Crippen LogP contribution in [0.2, 0.25) is 0 Å². The van der Waals surface area contributed by atoms with Crippen molar-refractivity contribution < 1.29 is 9.13 Å². The van der Waals surface area contributed by atoms with E-state index in [-0.39, 0.29) is 10.1 Å². The normalized spacial score (nSPS) is 19.6. The van der Waals surface area contributed by atoms with Crippen LogP contribution >= 0.6 is 31.9 Å². The van der Waals surface area contributed by atoms with Crippen LogP contribution in [0, 0.1) is 5.82 Å². The second kappa shape index (κ2) is 3.33. The van der Waals surface area contributed by atoms with Gasteiger partial charge in [-0.25, -0.2) is 4.39 Å². The van der Waals surface area contributed by atoms with Gasteiger partial charge in [0.1, 0.15) is 5.82 Å². The fourth-order valence-electron chi connectivity index (χ4n) is 1.28. The summed E-state index contributed by atoms with van der Waals surface area (Å²) in [4.78, 5) is 0. The molecule has 0 radical (unpaired) electrons. The summed E-state index contributed by atoms with van der Waals surface area (Å²) >= 11 is 6.79. The third kappa shape index (κ3) is 1.67. The average Bonchev–Trinajstić information content (AvgIpc) is 2.05. The molecule has 1 aliphatic rings. The van der Waals surface area contributed by atoms with E-state index >= 15 is 0 Å². The van der Waals surface area contributed by atoms with Gasteiger partial charge in [-0.15, -0.1) is 0 Å². The first-order valence-electron chi connectivity index (χ1n) is 3.84. The summed E-state index contributed by atoms with van der Waals surface area (Å²) in [6.07, 6.45) is 0. The van der Waals surface area contributed by atoms with E-state index in [4.69, 9.17) is 4.74 Å². The SMILES string of the molecule is Fc1ccc(Br)cc1C1(Br)COC1. The molecule has 1 fully saturated rings. The monoisotopic (exact) mass is 308 g/mol. The Balaban J connectivity index is 2.43. The van der Waals surface area contributed by atoms with Crippen molar-refractivity contribution in [1.29, 1.82) is 0 Å². The zero-order valence-corrected chi connectivity index (χ0v) is 9.86. The number of benzene rings is 1. The molecule has 13 heavy (non-hydrogen) atoms. The molecule has 1 saturated heterocycles. The highest BCUT2D eigenvalue weighted by Crippen LogP contribution is 2.40. The topological polar surface area (TPSA) is 9.23 Å². The van der Waals surface area contributed by atoms with Gasteiger partial charge in [-0.1, -0.05) is 31.9 Å². The Hall–Kier alpha value is 0.0700. The van der Waals surface area contributed by atoms with Crippen LogP contribution in [0.3, 0.4) is 0 Å². The average molecular weight is 310 g/mol. The molecule has 0 N–H and O–H groups in total. The Kier molecular flexibility index (Phi) is 2.47. The van der Waals surface area contributed by atoms with Crippen molar-refractivity contribution in [2.45, 2.75) is 4.32 Å². The van der Waals surface area contributed by atoms with Gasteiger partial charge in [-0.2, -0.15) is 0 Å². The first-order valence-corrected chi connectivity index (χ1v) is 5.43. The van der Waals surface area contributed by atoms with Crippen LogP contribution in [0.1, 0.15) is 5.56 Å². The molecule has 0 saturated carbocycles. The molecule has 1 heterocycles. The maximum absolute atomic E-state index is 13.4. The lowest BCUT2D eigenvalue weighted by molar-refractivity contribution is -0.00846. The van der Waals surface area contributed by atoms with Gasteiger partial charge in [0.25, 0.3) is 0 Å². The van der Waals surface area contributed by atoms with Gasteiger partial charge < -0.3 is 4.74 Å². The third-order valence-corrected chi connectivity index (χ3v) is 3.45. The van der Waals surface area contributed by atoms with Gasteiger partial charge in [0.2, 0.25) is 0 Å². The van der Waals surface area contributed by atoms with Gasteiger partial charge in [0.15, 0.2) is 0 Å². The first-order chi connectivity index (χ1) is 6.12. The lowest BCUT2D eigenvalue weighted by Gasteiger charge is -2.36. The Morgan fingerprint density at radius 1 is 1.38 bits per heavy atom. The van der Waals surface area contributed by atoms with Gasteiger partial charge in [0, 0.05) is 10.0 Å². The van der Waals surface area contributed by atoms with E-state index in [9.17, 15) is 4.39 Å². The maximum Gasteiger partial charge on any atom is 0.128 e. The van der Waals surface area contributed by atoms with Crippen LogP contribution in [-0.4, -0.2) is 13.2 Å². The molecule has 0 aliphatic carbocycles. The molecule has 1 aromatic rings. The van der Waals surface area contributed by atoms with Crippen molar-refractivity contribution in [3.05, 3.63) is 34.1 Å². The second-order valence-electron chi connectivity index (χ2n) is 3.08. The first kappa shape index (κ1) is 9.62. The minimum absolute atomic E-state index is 0.191. The molecule has 4 heteroatoms. The van der Waals surface area contributed by atoms with Crippen molar-refractivity contribution in [2.75, 3.05) is 13.2 Å². The maximum atomic E-state index is 13.4. The van der Waals surface area contributed by atoms with Crippen LogP contribution < -0.4 is 0 Å². The molecule has 0 atom stereocenters. The predicted octanol–water partition coefficient (Wildman–Crippen LogP) is 3.21. The fourth-order valence-corrected chi connectivity index (χ4v) is 2.27. The molecule has 0 aromatic heterocycles. The Labute approximate surface area is 92.5 Å². The van der Waals surface area contributed by atoms with Crippen molar-refractivity contribution in [3.8, 4) is 0 Å².